The summed E-state index contributed by atoms with van der Waals surface area (Å²) in [7, 11) is 0. The molecule has 1 fully saturated rings. The molecule has 0 atom stereocenters. The number of fused-ring (bicyclic) bond motifs is 1. The first-order valence-electron chi connectivity index (χ1n) is 8.58. The number of furan rings is 1. The molecule has 4 rings (SSSR count). The standard InChI is InChI=1S/C19H21N3O2S/c1-19(8-10-20-11-9-19)12-21-17(23)14-6-7-15(24-14)18-22-13-4-2-3-5-16(13)25-18/h2-7,20H,8-12H2,1H3,(H,21,23). The van der Waals surface area contributed by atoms with E-state index in [0.29, 0.717) is 18.1 Å². The molecule has 1 aromatic carbocycles. The largest absolute Gasteiger partial charge is 0.448 e. The molecular weight excluding hydrogens is 334 g/mol. The second kappa shape index (κ2) is 6.61. The number of para-hydroxylation sites is 1. The van der Waals surface area contributed by atoms with Gasteiger partial charge in [-0.1, -0.05) is 19.1 Å². The topological polar surface area (TPSA) is 67.2 Å². The van der Waals surface area contributed by atoms with Gasteiger partial charge in [-0.15, -0.1) is 11.3 Å². The molecule has 3 heterocycles. The van der Waals surface area contributed by atoms with Gasteiger partial charge in [0, 0.05) is 6.54 Å². The fourth-order valence-corrected chi connectivity index (χ4v) is 4.07. The van der Waals surface area contributed by atoms with Crippen molar-refractivity contribution in [1.29, 1.82) is 0 Å². The Balaban J connectivity index is 1.46. The summed E-state index contributed by atoms with van der Waals surface area (Å²) in [6.45, 7) is 4.91. The lowest BCUT2D eigenvalue weighted by Gasteiger charge is -2.33. The van der Waals surface area contributed by atoms with Crippen LogP contribution >= 0.6 is 11.3 Å². The minimum atomic E-state index is -0.160. The number of amides is 1. The molecule has 6 heteroatoms. The molecule has 1 saturated heterocycles. The Morgan fingerprint density at radius 1 is 1.28 bits per heavy atom. The van der Waals surface area contributed by atoms with Crippen LogP contribution in [0.15, 0.2) is 40.8 Å². The molecule has 25 heavy (non-hydrogen) atoms. The Morgan fingerprint density at radius 2 is 2.08 bits per heavy atom. The molecular formula is C19H21N3O2S. The second-order valence-corrected chi connectivity index (χ2v) is 7.92. The molecule has 0 radical (unpaired) electrons. The smallest absolute Gasteiger partial charge is 0.287 e. The van der Waals surface area contributed by atoms with Gasteiger partial charge in [-0.25, -0.2) is 4.98 Å². The first-order chi connectivity index (χ1) is 12.1. The van der Waals surface area contributed by atoms with Crippen molar-refractivity contribution in [3.8, 4) is 10.8 Å². The Kier molecular flexibility index (Phi) is 4.31. The highest BCUT2D eigenvalue weighted by molar-refractivity contribution is 7.21. The van der Waals surface area contributed by atoms with E-state index in [0.717, 1.165) is 41.2 Å². The van der Waals surface area contributed by atoms with Crippen LogP contribution in [0, 0.1) is 5.41 Å². The maximum Gasteiger partial charge on any atom is 0.287 e. The summed E-state index contributed by atoms with van der Waals surface area (Å²) in [4.78, 5) is 17.0. The van der Waals surface area contributed by atoms with Gasteiger partial charge in [0.25, 0.3) is 5.91 Å². The van der Waals surface area contributed by atoms with E-state index in [1.807, 2.05) is 30.3 Å². The zero-order chi connectivity index (χ0) is 17.3. The van der Waals surface area contributed by atoms with Gasteiger partial charge in [-0.05, 0) is 55.6 Å². The average Bonchev–Trinajstić information content (AvgIpc) is 3.27. The molecule has 5 nitrogen and oxygen atoms in total. The number of hydrogen-bond donors (Lipinski definition) is 2. The lowest BCUT2D eigenvalue weighted by atomic mass is 9.81. The highest BCUT2D eigenvalue weighted by atomic mass is 32.1. The van der Waals surface area contributed by atoms with Crippen molar-refractivity contribution in [3.63, 3.8) is 0 Å². The molecule has 1 aliphatic heterocycles. The van der Waals surface area contributed by atoms with Crippen molar-refractivity contribution < 1.29 is 9.21 Å². The summed E-state index contributed by atoms with van der Waals surface area (Å²) in [5, 5.41) is 7.17. The van der Waals surface area contributed by atoms with Crippen molar-refractivity contribution in [1.82, 2.24) is 15.6 Å². The van der Waals surface area contributed by atoms with Gasteiger partial charge >= 0.3 is 0 Å². The van der Waals surface area contributed by atoms with Crippen molar-refractivity contribution >= 4 is 27.5 Å². The minimum Gasteiger partial charge on any atom is -0.448 e. The number of aromatic nitrogens is 1. The first kappa shape index (κ1) is 16.3. The highest BCUT2D eigenvalue weighted by Gasteiger charge is 2.27. The normalized spacial score (nSPS) is 16.8. The Bertz CT molecular complexity index is 860. The van der Waals surface area contributed by atoms with Crippen LogP contribution in [0.3, 0.4) is 0 Å². The number of carbonyl (C=O) groups is 1. The molecule has 0 saturated carbocycles. The van der Waals surface area contributed by atoms with Crippen LogP contribution in [-0.4, -0.2) is 30.5 Å². The molecule has 1 aliphatic rings. The van der Waals surface area contributed by atoms with Crippen LogP contribution in [0.25, 0.3) is 21.0 Å². The molecule has 2 aromatic heterocycles. The van der Waals surface area contributed by atoms with Gasteiger partial charge in [0.1, 0.15) is 0 Å². The zero-order valence-electron chi connectivity index (χ0n) is 14.2. The van der Waals surface area contributed by atoms with Gasteiger partial charge in [0.05, 0.1) is 10.2 Å². The van der Waals surface area contributed by atoms with Crippen LogP contribution in [0.1, 0.15) is 30.3 Å². The molecule has 0 unspecified atom stereocenters. The fourth-order valence-electron chi connectivity index (χ4n) is 3.14. The van der Waals surface area contributed by atoms with E-state index in [1.54, 1.807) is 17.4 Å². The number of carbonyl (C=O) groups excluding carboxylic acids is 1. The van der Waals surface area contributed by atoms with Gasteiger partial charge in [0.15, 0.2) is 16.5 Å². The number of rotatable bonds is 4. The van der Waals surface area contributed by atoms with E-state index in [9.17, 15) is 4.79 Å². The monoisotopic (exact) mass is 355 g/mol. The quantitative estimate of drug-likeness (QED) is 0.749. The Hall–Kier alpha value is -2.18. The van der Waals surface area contributed by atoms with Crippen LogP contribution < -0.4 is 10.6 Å². The second-order valence-electron chi connectivity index (χ2n) is 6.89. The van der Waals surface area contributed by atoms with Crippen molar-refractivity contribution in [2.75, 3.05) is 19.6 Å². The lowest BCUT2D eigenvalue weighted by Crippen LogP contribution is -2.42. The van der Waals surface area contributed by atoms with Gasteiger partial charge in [-0.3, -0.25) is 4.79 Å². The van der Waals surface area contributed by atoms with Crippen molar-refractivity contribution in [2.45, 2.75) is 19.8 Å². The number of hydrogen-bond acceptors (Lipinski definition) is 5. The average molecular weight is 355 g/mol. The van der Waals surface area contributed by atoms with E-state index in [4.69, 9.17) is 4.42 Å². The molecule has 1 amide bonds. The van der Waals surface area contributed by atoms with Crippen molar-refractivity contribution in [2.24, 2.45) is 5.41 Å². The third kappa shape index (κ3) is 3.45. The lowest BCUT2D eigenvalue weighted by molar-refractivity contribution is 0.0895. The zero-order valence-corrected chi connectivity index (χ0v) is 15.0. The van der Waals surface area contributed by atoms with Gasteiger partial charge < -0.3 is 15.1 Å². The summed E-state index contributed by atoms with van der Waals surface area (Å²) in [5.74, 6) is 0.818. The number of nitrogens with zero attached hydrogens (tertiary/aromatic N) is 1. The summed E-state index contributed by atoms with van der Waals surface area (Å²) in [6.07, 6.45) is 2.14. The maximum absolute atomic E-state index is 12.4. The van der Waals surface area contributed by atoms with E-state index in [1.165, 1.54) is 0 Å². The van der Waals surface area contributed by atoms with Gasteiger partial charge in [-0.2, -0.15) is 0 Å². The summed E-state index contributed by atoms with van der Waals surface area (Å²) in [6, 6.07) is 11.5. The van der Waals surface area contributed by atoms with Gasteiger partial charge in [0.2, 0.25) is 0 Å². The number of nitrogens with one attached hydrogen (secondary N) is 2. The maximum atomic E-state index is 12.4. The first-order valence-corrected chi connectivity index (χ1v) is 9.39. The third-order valence-corrected chi connectivity index (χ3v) is 5.87. The SMILES string of the molecule is CC1(CNC(=O)c2ccc(-c3nc4ccccc4s3)o2)CCNCC1. The summed E-state index contributed by atoms with van der Waals surface area (Å²) >= 11 is 1.57. The van der Waals surface area contributed by atoms with E-state index >= 15 is 0 Å². The predicted octanol–water partition coefficient (Wildman–Crippen LogP) is 3.68. The summed E-state index contributed by atoms with van der Waals surface area (Å²) in [5.41, 5.74) is 1.10. The number of piperidine rings is 1. The third-order valence-electron chi connectivity index (χ3n) is 4.82. The Labute approximate surface area is 150 Å². The molecule has 3 aromatic rings. The van der Waals surface area contributed by atoms with Crippen LogP contribution in [0.2, 0.25) is 0 Å². The molecule has 0 bridgehead atoms. The molecule has 0 aliphatic carbocycles. The highest BCUT2D eigenvalue weighted by Crippen LogP contribution is 2.31. The molecule has 2 N–H and O–H groups in total. The fraction of sp³-hybridized carbons (Fsp3) is 0.368. The van der Waals surface area contributed by atoms with E-state index in [-0.39, 0.29) is 11.3 Å². The van der Waals surface area contributed by atoms with Crippen molar-refractivity contribution in [3.05, 3.63) is 42.2 Å². The van der Waals surface area contributed by atoms with E-state index < -0.39 is 0 Å². The van der Waals surface area contributed by atoms with Crippen LogP contribution in [0.5, 0.6) is 0 Å². The van der Waals surface area contributed by atoms with Crippen LogP contribution in [-0.2, 0) is 0 Å². The van der Waals surface area contributed by atoms with E-state index in [2.05, 4.69) is 22.5 Å². The Morgan fingerprint density at radius 3 is 2.88 bits per heavy atom. The molecule has 0 spiro atoms. The predicted molar refractivity (Wildman–Crippen MR) is 99.9 cm³/mol. The number of thiazole rings is 1. The number of benzene rings is 1. The summed E-state index contributed by atoms with van der Waals surface area (Å²) < 4.78 is 6.87. The molecule has 130 valence electrons. The minimum absolute atomic E-state index is 0.156. The van der Waals surface area contributed by atoms with Crippen LogP contribution in [0.4, 0.5) is 0 Å².